The van der Waals surface area contributed by atoms with Gasteiger partial charge in [-0.15, -0.1) is 0 Å². The Morgan fingerprint density at radius 3 is 2.47 bits per heavy atom. The zero-order valence-corrected chi connectivity index (χ0v) is 22.3. The normalized spacial score (nSPS) is 15.6. The van der Waals surface area contributed by atoms with Crippen molar-refractivity contribution in [2.24, 2.45) is 5.73 Å². The van der Waals surface area contributed by atoms with Crippen LogP contribution < -0.4 is 16.4 Å². The summed E-state index contributed by atoms with van der Waals surface area (Å²) in [6, 6.07) is 19.0. The van der Waals surface area contributed by atoms with Gasteiger partial charge in [0.15, 0.2) is 0 Å². The number of carbonyl (C=O) groups excluding carboxylic acids is 1. The van der Waals surface area contributed by atoms with Crippen LogP contribution in [0.3, 0.4) is 0 Å². The number of aryl methyl sites for hydroxylation is 4. The quantitative estimate of drug-likeness (QED) is 0.345. The molecule has 0 saturated heterocycles. The zero-order valence-electron chi connectivity index (χ0n) is 22.3. The molecule has 0 bridgehead atoms. The Morgan fingerprint density at radius 2 is 1.78 bits per heavy atom. The first-order valence-corrected chi connectivity index (χ1v) is 13.4. The molecule has 3 aromatic carbocycles. The van der Waals surface area contributed by atoms with Crippen LogP contribution in [-0.2, 0) is 24.1 Å². The highest BCUT2D eigenvalue weighted by molar-refractivity contribution is 5.83. The van der Waals surface area contributed by atoms with Gasteiger partial charge >= 0.3 is 0 Å². The van der Waals surface area contributed by atoms with Gasteiger partial charge in [0.05, 0.1) is 12.1 Å². The van der Waals surface area contributed by atoms with Crippen LogP contribution in [0.15, 0.2) is 54.6 Å². The molecule has 0 saturated carbocycles. The number of fused-ring (bicyclic) bond motifs is 1. The van der Waals surface area contributed by atoms with Crippen molar-refractivity contribution in [3.63, 3.8) is 0 Å². The maximum Gasteiger partial charge on any atom is 0.237 e. The number of anilines is 1. The number of rotatable bonds is 9. The van der Waals surface area contributed by atoms with Crippen LogP contribution in [-0.4, -0.2) is 18.5 Å². The number of hydrogen-bond acceptors (Lipinski definition) is 3. The summed E-state index contributed by atoms with van der Waals surface area (Å²) in [5, 5.41) is 6.96. The third-order valence-electron chi connectivity index (χ3n) is 7.39. The summed E-state index contributed by atoms with van der Waals surface area (Å²) < 4.78 is 0. The summed E-state index contributed by atoms with van der Waals surface area (Å²) in [5.41, 5.74) is 17.6. The van der Waals surface area contributed by atoms with Gasteiger partial charge in [0.25, 0.3) is 0 Å². The van der Waals surface area contributed by atoms with E-state index in [1.165, 1.54) is 50.2 Å². The molecule has 0 aromatic heterocycles. The van der Waals surface area contributed by atoms with Crippen LogP contribution >= 0.6 is 0 Å². The molecule has 4 nitrogen and oxygen atoms in total. The van der Waals surface area contributed by atoms with Crippen LogP contribution in [0.25, 0.3) is 0 Å². The molecule has 4 heteroatoms. The zero-order chi connectivity index (χ0) is 25.7. The number of hydrogen-bond donors (Lipinski definition) is 3. The highest BCUT2D eigenvalue weighted by Crippen LogP contribution is 2.35. The lowest BCUT2D eigenvalue weighted by Gasteiger charge is -2.31. The van der Waals surface area contributed by atoms with Crippen molar-refractivity contribution in [3.05, 3.63) is 99.1 Å². The standard InChI is InChI=1S/C32H41N3O/c1-5-6-12-26-18-25(17-24-10-8-7-9-11-24)19-28-30(13-14-34-31(26)28)35-32(36)29(33)20-27-22(3)15-21(2)16-23(27)4/h7-11,15-16,18-19,29-30,34H,5-6,12-14,17,20,33H2,1-4H3,(H,35,36)/t29-,30+/m0/s1. The second kappa shape index (κ2) is 11.7. The first-order chi connectivity index (χ1) is 17.4. The lowest BCUT2D eigenvalue weighted by Crippen LogP contribution is -2.45. The molecular weight excluding hydrogens is 442 g/mol. The van der Waals surface area contributed by atoms with Gasteiger partial charge in [0, 0.05) is 12.2 Å². The Hall–Kier alpha value is -3.11. The molecular formula is C32H41N3O. The Labute approximate surface area is 216 Å². The van der Waals surface area contributed by atoms with Crippen LogP contribution in [0.2, 0.25) is 0 Å². The van der Waals surface area contributed by atoms with E-state index in [4.69, 9.17) is 5.73 Å². The monoisotopic (exact) mass is 483 g/mol. The third-order valence-corrected chi connectivity index (χ3v) is 7.39. The fourth-order valence-corrected chi connectivity index (χ4v) is 5.55. The van der Waals surface area contributed by atoms with E-state index in [0.29, 0.717) is 6.42 Å². The molecule has 4 rings (SSSR count). The smallest absolute Gasteiger partial charge is 0.237 e. The summed E-state index contributed by atoms with van der Waals surface area (Å²) in [6.07, 6.45) is 5.65. The average molecular weight is 484 g/mol. The third kappa shape index (κ3) is 6.17. The molecule has 0 radical (unpaired) electrons. The molecule has 1 heterocycles. The Kier molecular flexibility index (Phi) is 8.48. The van der Waals surface area contributed by atoms with E-state index in [1.807, 2.05) is 0 Å². The number of benzene rings is 3. The molecule has 1 amide bonds. The van der Waals surface area contributed by atoms with Gasteiger partial charge in [-0.1, -0.05) is 73.5 Å². The van der Waals surface area contributed by atoms with E-state index in [2.05, 4.69) is 92.9 Å². The van der Waals surface area contributed by atoms with Crippen molar-refractivity contribution in [3.8, 4) is 0 Å². The van der Waals surface area contributed by atoms with Crippen LogP contribution in [0.4, 0.5) is 5.69 Å². The molecule has 0 fully saturated rings. The number of carbonyl (C=O) groups is 1. The van der Waals surface area contributed by atoms with Crippen molar-refractivity contribution in [1.29, 1.82) is 0 Å². The molecule has 0 aliphatic carbocycles. The van der Waals surface area contributed by atoms with Crippen molar-refractivity contribution < 1.29 is 4.79 Å². The molecule has 0 unspecified atom stereocenters. The van der Waals surface area contributed by atoms with Crippen molar-refractivity contribution >= 4 is 11.6 Å². The maximum absolute atomic E-state index is 13.3. The first-order valence-electron chi connectivity index (χ1n) is 13.4. The molecule has 1 aliphatic heterocycles. The van der Waals surface area contributed by atoms with Gasteiger partial charge in [0.2, 0.25) is 5.91 Å². The van der Waals surface area contributed by atoms with Crippen molar-refractivity contribution in [2.75, 3.05) is 11.9 Å². The van der Waals surface area contributed by atoms with E-state index in [9.17, 15) is 4.79 Å². The molecule has 0 spiro atoms. The van der Waals surface area contributed by atoms with Crippen molar-refractivity contribution in [1.82, 2.24) is 5.32 Å². The van der Waals surface area contributed by atoms with E-state index in [-0.39, 0.29) is 11.9 Å². The van der Waals surface area contributed by atoms with E-state index in [0.717, 1.165) is 38.6 Å². The summed E-state index contributed by atoms with van der Waals surface area (Å²) in [7, 11) is 0. The average Bonchev–Trinajstić information content (AvgIpc) is 2.85. The van der Waals surface area contributed by atoms with E-state index >= 15 is 0 Å². The van der Waals surface area contributed by atoms with Gasteiger partial charge < -0.3 is 16.4 Å². The van der Waals surface area contributed by atoms with Gasteiger partial charge in [-0.25, -0.2) is 0 Å². The van der Waals surface area contributed by atoms with E-state index < -0.39 is 6.04 Å². The predicted molar refractivity (Wildman–Crippen MR) is 151 cm³/mol. The molecule has 3 aromatic rings. The summed E-state index contributed by atoms with van der Waals surface area (Å²) in [4.78, 5) is 13.3. The minimum absolute atomic E-state index is 0.0314. The number of nitrogens with one attached hydrogen (secondary N) is 2. The summed E-state index contributed by atoms with van der Waals surface area (Å²) in [5.74, 6) is -0.0733. The molecule has 190 valence electrons. The van der Waals surface area contributed by atoms with Crippen LogP contribution in [0, 0.1) is 20.8 Å². The number of nitrogens with two attached hydrogens (primary N) is 1. The highest BCUT2D eigenvalue weighted by Gasteiger charge is 2.27. The second-order valence-corrected chi connectivity index (χ2v) is 10.4. The van der Waals surface area contributed by atoms with Gasteiger partial charge in [-0.3, -0.25) is 4.79 Å². The molecule has 2 atom stereocenters. The van der Waals surface area contributed by atoms with Crippen LogP contribution in [0.1, 0.15) is 76.7 Å². The Morgan fingerprint density at radius 1 is 1.06 bits per heavy atom. The van der Waals surface area contributed by atoms with E-state index in [1.54, 1.807) is 0 Å². The lowest BCUT2D eigenvalue weighted by atomic mass is 9.88. The van der Waals surface area contributed by atoms with Gasteiger partial charge in [-0.2, -0.15) is 0 Å². The summed E-state index contributed by atoms with van der Waals surface area (Å²) in [6.45, 7) is 9.39. The van der Waals surface area contributed by atoms with Gasteiger partial charge in [0.1, 0.15) is 0 Å². The number of amides is 1. The Balaban J connectivity index is 1.57. The number of unbranched alkanes of at least 4 members (excludes halogenated alkanes) is 1. The Bertz CT molecular complexity index is 1180. The minimum atomic E-state index is -0.574. The minimum Gasteiger partial charge on any atom is -0.384 e. The first kappa shape index (κ1) is 26.0. The second-order valence-electron chi connectivity index (χ2n) is 10.4. The topological polar surface area (TPSA) is 67.1 Å². The van der Waals surface area contributed by atoms with Crippen molar-refractivity contribution in [2.45, 2.75) is 78.3 Å². The maximum atomic E-state index is 13.3. The fraction of sp³-hybridized carbons (Fsp3) is 0.406. The van der Waals surface area contributed by atoms with Gasteiger partial charge in [-0.05, 0) is 91.8 Å². The molecule has 36 heavy (non-hydrogen) atoms. The SMILES string of the molecule is CCCCc1cc(Cc2ccccc2)cc2c1NCC[C@H]2NC(=O)[C@@H](N)Cc1c(C)cc(C)cc1C. The highest BCUT2D eigenvalue weighted by atomic mass is 16.2. The van der Waals surface area contributed by atoms with Crippen LogP contribution in [0.5, 0.6) is 0 Å². The molecule has 4 N–H and O–H groups in total. The summed E-state index contributed by atoms with van der Waals surface area (Å²) >= 11 is 0. The fourth-order valence-electron chi connectivity index (χ4n) is 5.55. The molecule has 1 aliphatic rings. The lowest BCUT2D eigenvalue weighted by molar-refractivity contribution is -0.123. The largest absolute Gasteiger partial charge is 0.384 e. The predicted octanol–water partition coefficient (Wildman–Crippen LogP) is 6.09.